The predicted octanol–water partition coefficient (Wildman–Crippen LogP) is 2.64. The van der Waals surface area contributed by atoms with Crippen molar-refractivity contribution in [2.45, 2.75) is 6.92 Å². The Morgan fingerprint density at radius 3 is 2.86 bits per heavy atom. The summed E-state index contributed by atoms with van der Waals surface area (Å²) in [5, 5.41) is 3.01. The van der Waals surface area contributed by atoms with Gasteiger partial charge in [-0.15, -0.1) is 0 Å². The third kappa shape index (κ3) is 2.60. The average Bonchev–Trinajstić information content (AvgIpc) is 2.44. The molecule has 2 heterocycles. The van der Waals surface area contributed by atoms with Crippen LogP contribution in [0.2, 0.25) is 5.15 Å². The fourth-order valence-electron chi connectivity index (χ4n) is 2.32. The summed E-state index contributed by atoms with van der Waals surface area (Å²) in [6, 6.07) is 10.3. The third-order valence-corrected chi connectivity index (χ3v) is 3.38. The maximum Gasteiger partial charge on any atom is 0.258 e. The summed E-state index contributed by atoms with van der Waals surface area (Å²) in [6.07, 6.45) is 0. The number of pyridine rings is 1. The lowest BCUT2D eigenvalue weighted by Crippen LogP contribution is -2.42. The molecule has 0 bridgehead atoms. The van der Waals surface area contributed by atoms with Gasteiger partial charge in [0.15, 0.2) is 0 Å². The molecule has 21 heavy (non-hydrogen) atoms. The van der Waals surface area contributed by atoms with E-state index in [1.807, 2.05) is 6.07 Å². The van der Waals surface area contributed by atoms with Crippen molar-refractivity contribution in [2.24, 2.45) is 0 Å². The van der Waals surface area contributed by atoms with Crippen molar-refractivity contribution in [2.75, 3.05) is 16.8 Å². The van der Waals surface area contributed by atoms with Crippen LogP contribution in [0.5, 0.6) is 0 Å². The SMILES string of the molecule is Cc1cc(C(=O)N2CC(=O)Nc3ccccc32)cc(Cl)n1. The number of rotatable bonds is 1. The second kappa shape index (κ2) is 5.18. The summed E-state index contributed by atoms with van der Waals surface area (Å²) in [6.45, 7) is 1.74. The summed E-state index contributed by atoms with van der Waals surface area (Å²) in [5.41, 5.74) is 2.37. The number of carbonyl (C=O) groups is 2. The van der Waals surface area contributed by atoms with Gasteiger partial charge in [0.1, 0.15) is 11.7 Å². The van der Waals surface area contributed by atoms with Crippen LogP contribution in [0.25, 0.3) is 0 Å². The van der Waals surface area contributed by atoms with Crippen LogP contribution in [0, 0.1) is 6.92 Å². The number of aromatic nitrogens is 1. The Labute approximate surface area is 126 Å². The summed E-state index contributed by atoms with van der Waals surface area (Å²) < 4.78 is 0. The molecule has 0 saturated heterocycles. The number of nitrogens with one attached hydrogen (secondary N) is 1. The van der Waals surface area contributed by atoms with Gasteiger partial charge < -0.3 is 5.32 Å². The van der Waals surface area contributed by atoms with Crippen LogP contribution in [0.3, 0.4) is 0 Å². The molecule has 0 saturated carbocycles. The van der Waals surface area contributed by atoms with Gasteiger partial charge in [0, 0.05) is 11.3 Å². The highest BCUT2D eigenvalue weighted by Gasteiger charge is 2.27. The number of hydrogen-bond acceptors (Lipinski definition) is 3. The van der Waals surface area contributed by atoms with Gasteiger partial charge in [-0.1, -0.05) is 23.7 Å². The largest absolute Gasteiger partial charge is 0.323 e. The topological polar surface area (TPSA) is 62.3 Å². The van der Waals surface area contributed by atoms with E-state index >= 15 is 0 Å². The van der Waals surface area contributed by atoms with Crippen LogP contribution in [0.1, 0.15) is 16.1 Å². The van der Waals surface area contributed by atoms with Crippen LogP contribution >= 0.6 is 11.6 Å². The van der Waals surface area contributed by atoms with Crippen molar-refractivity contribution in [3.05, 3.63) is 52.8 Å². The number of para-hydroxylation sites is 2. The molecule has 0 fully saturated rings. The minimum absolute atomic E-state index is 0.0190. The number of nitrogens with zero attached hydrogens (tertiary/aromatic N) is 2. The lowest BCUT2D eigenvalue weighted by Gasteiger charge is -2.29. The molecule has 3 rings (SSSR count). The summed E-state index contributed by atoms with van der Waals surface area (Å²) >= 11 is 5.90. The minimum atomic E-state index is -0.273. The summed E-state index contributed by atoms with van der Waals surface area (Å²) in [7, 11) is 0. The molecule has 2 aromatic rings. The Balaban J connectivity index is 2.03. The third-order valence-electron chi connectivity index (χ3n) is 3.18. The molecular formula is C15H12ClN3O2. The zero-order valence-electron chi connectivity index (χ0n) is 11.3. The predicted molar refractivity (Wildman–Crippen MR) is 80.7 cm³/mol. The molecule has 106 valence electrons. The molecule has 0 spiro atoms. The monoisotopic (exact) mass is 301 g/mol. The molecule has 2 amide bonds. The van der Waals surface area contributed by atoms with Crippen molar-refractivity contribution in [3.8, 4) is 0 Å². The fraction of sp³-hybridized carbons (Fsp3) is 0.133. The second-order valence-electron chi connectivity index (χ2n) is 4.78. The minimum Gasteiger partial charge on any atom is -0.323 e. The first-order valence-electron chi connectivity index (χ1n) is 6.39. The molecule has 1 aromatic carbocycles. The van der Waals surface area contributed by atoms with E-state index in [0.717, 1.165) is 0 Å². The lowest BCUT2D eigenvalue weighted by molar-refractivity contribution is -0.115. The Kier molecular flexibility index (Phi) is 3.35. The molecule has 5 nitrogen and oxygen atoms in total. The van der Waals surface area contributed by atoms with Crippen molar-refractivity contribution < 1.29 is 9.59 Å². The highest BCUT2D eigenvalue weighted by atomic mass is 35.5. The van der Waals surface area contributed by atoms with E-state index in [2.05, 4.69) is 10.3 Å². The van der Waals surface area contributed by atoms with Crippen molar-refractivity contribution >= 4 is 34.8 Å². The maximum atomic E-state index is 12.7. The van der Waals surface area contributed by atoms with Gasteiger partial charge in [0.2, 0.25) is 5.91 Å². The number of halogens is 1. The van der Waals surface area contributed by atoms with Crippen molar-refractivity contribution in [1.29, 1.82) is 0 Å². The van der Waals surface area contributed by atoms with Crippen LogP contribution in [-0.2, 0) is 4.79 Å². The number of anilines is 2. The molecule has 0 atom stereocenters. The van der Waals surface area contributed by atoms with E-state index in [9.17, 15) is 9.59 Å². The molecule has 1 aliphatic heterocycles. The van der Waals surface area contributed by atoms with E-state index in [1.165, 1.54) is 11.0 Å². The Morgan fingerprint density at radius 1 is 1.33 bits per heavy atom. The number of carbonyl (C=O) groups excluding carboxylic acids is 2. The zero-order chi connectivity index (χ0) is 15.0. The number of benzene rings is 1. The standard InChI is InChI=1S/C15H12ClN3O2/c1-9-6-10(7-13(16)17-9)15(21)19-8-14(20)18-11-4-2-3-5-12(11)19/h2-7H,8H2,1H3,(H,18,20). The van der Waals surface area contributed by atoms with Gasteiger partial charge in [0.05, 0.1) is 11.4 Å². The molecule has 0 aliphatic carbocycles. The first-order valence-corrected chi connectivity index (χ1v) is 6.77. The van der Waals surface area contributed by atoms with Gasteiger partial charge in [-0.2, -0.15) is 0 Å². The van der Waals surface area contributed by atoms with E-state index < -0.39 is 0 Å². The van der Waals surface area contributed by atoms with Gasteiger partial charge in [-0.3, -0.25) is 14.5 Å². The first-order chi connectivity index (χ1) is 10.0. The van der Waals surface area contributed by atoms with Gasteiger partial charge >= 0.3 is 0 Å². The van der Waals surface area contributed by atoms with Crippen LogP contribution in [0.15, 0.2) is 36.4 Å². The number of aryl methyl sites for hydroxylation is 1. The molecule has 1 aliphatic rings. The van der Waals surface area contributed by atoms with Crippen LogP contribution in [0.4, 0.5) is 11.4 Å². The smallest absolute Gasteiger partial charge is 0.258 e. The van der Waals surface area contributed by atoms with Gasteiger partial charge in [0.25, 0.3) is 5.91 Å². The van der Waals surface area contributed by atoms with Crippen LogP contribution < -0.4 is 10.2 Å². The fourth-order valence-corrected chi connectivity index (χ4v) is 2.57. The Hall–Kier alpha value is -2.40. The van der Waals surface area contributed by atoms with Crippen molar-refractivity contribution in [3.63, 3.8) is 0 Å². The lowest BCUT2D eigenvalue weighted by atomic mass is 10.1. The Morgan fingerprint density at radius 2 is 2.10 bits per heavy atom. The molecule has 1 N–H and O–H groups in total. The molecule has 0 unspecified atom stereocenters. The zero-order valence-corrected chi connectivity index (χ0v) is 12.0. The van der Waals surface area contributed by atoms with Gasteiger partial charge in [-0.05, 0) is 31.2 Å². The van der Waals surface area contributed by atoms with Crippen LogP contribution in [-0.4, -0.2) is 23.3 Å². The average molecular weight is 302 g/mol. The maximum absolute atomic E-state index is 12.7. The summed E-state index contributed by atoms with van der Waals surface area (Å²) in [4.78, 5) is 29.9. The van der Waals surface area contributed by atoms with Gasteiger partial charge in [-0.25, -0.2) is 4.98 Å². The summed E-state index contributed by atoms with van der Waals surface area (Å²) in [5.74, 6) is -0.497. The van der Waals surface area contributed by atoms with E-state index in [1.54, 1.807) is 31.2 Å². The quantitative estimate of drug-likeness (QED) is 0.824. The molecule has 1 aromatic heterocycles. The highest BCUT2D eigenvalue weighted by molar-refractivity contribution is 6.30. The van der Waals surface area contributed by atoms with E-state index in [4.69, 9.17) is 11.6 Å². The number of hydrogen-bond donors (Lipinski definition) is 1. The normalized spacial score (nSPS) is 13.6. The molecule has 0 radical (unpaired) electrons. The van der Waals surface area contributed by atoms with Crippen molar-refractivity contribution in [1.82, 2.24) is 4.98 Å². The highest BCUT2D eigenvalue weighted by Crippen LogP contribution is 2.30. The van der Waals surface area contributed by atoms with E-state index in [-0.39, 0.29) is 23.5 Å². The van der Waals surface area contributed by atoms with E-state index in [0.29, 0.717) is 22.6 Å². The Bertz CT molecular complexity index is 725. The number of fused-ring (bicyclic) bond motifs is 1. The number of amides is 2. The second-order valence-corrected chi connectivity index (χ2v) is 5.16. The molecular weight excluding hydrogens is 290 g/mol. The first kappa shape index (κ1) is 13.6. The molecule has 6 heteroatoms.